The first kappa shape index (κ1) is 16.3. The molecule has 0 radical (unpaired) electrons. The third-order valence-electron chi connectivity index (χ3n) is 3.12. The van der Waals surface area contributed by atoms with Crippen molar-refractivity contribution in [2.75, 3.05) is 21.3 Å². The lowest BCUT2D eigenvalue weighted by atomic mass is 10.2. The molecular formula is C16H16N2O5. The van der Waals surface area contributed by atoms with Crippen molar-refractivity contribution in [1.82, 2.24) is 0 Å². The van der Waals surface area contributed by atoms with Crippen molar-refractivity contribution in [3.8, 4) is 17.2 Å². The number of ether oxygens (including phenoxy) is 3. The van der Waals surface area contributed by atoms with Crippen molar-refractivity contribution in [3.63, 3.8) is 0 Å². The number of nitro benzene ring substituents is 1. The van der Waals surface area contributed by atoms with Gasteiger partial charge in [-0.1, -0.05) is 30.3 Å². The smallest absolute Gasteiger partial charge is 0.340 e. The number of nitro groups is 1. The van der Waals surface area contributed by atoms with Crippen molar-refractivity contribution < 1.29 is 19.1 Å². The van der Waals surface area contributed by atoms with Crippen LogP contribution in [-0.4, -0.2) is 32.5 Å². The highest BCUT2D eigenvalue weighted by atomic mass is 16.6. The van der Waals surface area contributed by atoms with Crippen LogP contribution in [0.15, 0.2) is 41.4 Å². The van der Waals surface area contributed by atoms with Crippen LogP contribution in [0.4, 0.5) is 11.4 Å². The normalized spacial score (nSPS) is 10.6. The monoisotopic (exact) mass is 316 g/mol. The Morgan fingerprint density at radius 3 is 2.22 bits per heavy atom. The summed E-state index contributed by atoms with van der Waals surface area (Å²) in [6, 6.07) is 10.7. The summed E-state index contributed by atoms with van der Waals surface area (Å²) >= 11 is 0. The van der Waals surface area contributed by atoms with Gasteiger partial charge in [-0.15, -0.1) is 0 Å². The van der Waals surface area contributed by atoms with Gasteiger partial charge in [-0.3, -0.25) is 10.1 Å². The Bertz CT molecular complexity index is 729. The average molecular weight is 316 g/mol. The Morgan fingerprint density at radius 2 is 1.70 bits per heavy atom. The molecule has 0 amide bonds. The molecule has 0 aliphatic carbocycles. The van der Waals surface area contributed by atoms with E-state index in [1.807, 2.05) is 30.3 Å². The molecule has 0 spiro atoms. The molecule has 7 heteroatoms. The summed E-state index contributed by atoms with van der Waals surface area (Å²) < 4.78 is 15.5. The van der Waals surface area contributed by atoms with E-state index in [-0.39, 0.29) is 22.9 Å². The lowest BCUT2D eigenvalue weighted by molar-refractivity contribution is -0.385. The highest BCUT2D eigenvalue weighted by molar-refractivity contribution is 5.85. The summed E-state index contributed by atoms with van der Waals surface area (Å²) in [6.07, 6.45) is 1.54. The van der Waals surface area contributed by atoms with E-state index >= 15 is 0 Å². The number of hydrogen-bond acceptors (Lipinski definition) is 6. The van der Waals surface area contributed by atoms with E-state index < -0.39 is 4.92 Å². The van der Waals surface area contributed by atoms with E-state index in [0.29, 0.717) is 5.75 Å². The van der Waals surface area contributed by atoms with Gasteiger partial charge in [0.25, 0.3) is 0 Å². The van der Waals surface area contributed by atoms with Crippen LogP contribution in [0.25, 0.3) is 0 Å². The zero-order chi connectivity index (χ0) is 16.8. The minimum absolute atomic E-state index is 0.0305. The predicted octanol–water partition coefficient (Wildman–Crippen LogP) is 3.37. The van der Waals surface area contributed by atoms with Crippen molar-refractivity contribution in [2.24, 2.45) is 4.99 Å². The molecule has 0 N–H and O–H groups in total. The van der Waals surface area contributed by atoms with E-state index in [2.05, 4.69) is 4.99 Å². The lowest BCUT2D eigenvalue weighted by Gasteiger charge is -2.13. The summed E-state index contributed by atoms with van der Waals surface area (Å²) in [6.45, 7) is 0. The second kappa shape index (κ2) is 7.26. The lowest BCUT2D eigenvalue weighted by Crippen LogP contribution is -2.00. The molecule has 0 unspecified atom stereocenters. The van der Waals surface area contributed by atoms with Gasteiger partial charge in [-0.2, -0.15) is 0 Å². The zero-order valence-electron chi connectivity index (χ0n) is 13.0. The summed E-state index contributed by atoms with van der Waals surface area (Å²) in [5, 5.41) is 11.4. The van der Waals surface area contributed by atoms with Crippen LogP contribution in [0.3, 0.4) is 0 Å². The average Bonchev–Trinajstić information content (AvgIpc) is 2.58. The summed E-state index contributed by atoms with van der Waals surface area (Å²) in [5.74, 6) is 0.424. The molecule has 2 aromatic carbocycles. The van der Waals surface area contributed by atoms with E-state index in [1.54, 1.807) is 0 Å². The molecular weight excluding hydrogens is 300 g/mol. The van der Waals surface area contributed by atoms with Crippen molar-refractivity contribution in [2.45, 2.75) is 0 Å². The Morgan fingerprint density at radius 1 is 1.04 bits per heavy atom. The molecule has 0 heterocycles. The van der Waals surface area contributed by atoms with Crippen LogP contribution in [0, 0.1) is 10.1 Å². The molecule has 0 atom stereocenters. The highest BCUT2D eigenvalue weighted by Crippen LogP contribution is 2.49. The maximum absolute atomic E-state index is 11.4. The third kappa shape index (κ3) is 3.39. The van der Waals surface area contributed by atoms with E-state index in [1.165, 1.54) is 33.6 Å². The Balaban J connectivity index is 2.62. The summed E-state index contributed by atoms with van der Waals surface area (Å²) in [5.41, 5.74) is 0.654. The maximum Gasteiger partial charge on any atom is 0.340 e. The molecule has 0 bridgehead atoms. The van der Waals surface area contributed by atoms with Crippen LogP contribution in [-0.2, 0) is 0 Å². The van der Waals surface area contributed by atoms with Gasteiger partial charge in [0.05, 0.1) is 26.3 Å². The first-order valence-corrected chi connectivity index (χ1v) is 6.68. The third-order valence-corrected chi connectivity index (χ3v) is 3.12. The first-order valence-electron chi connectivity index (χ1n) is 6.68. The minimum atomic E-state index is -0.557. The topological polar surface area (TPSA) is 83.2 Å². The number of rotatable bonds is 6. The van der Waals surface area contributed by atoms with Gasteiger partial charge in [0.1, 0.15) is 5.69 Å². The molecule has 0 aliphatic heterocycles. The van der Waals surface area contributed by atoms with Gasteiger partial charge < -0.3 is 14.2 Å². The molecule has 23 heavy (non-hydrogen) atoms. The molecule has 7 nitrogen and oxygen atoms in total. The van der Waals surface area contributed by atoms with Crippen LogP contribution in [0.5, 0.6) is 17.2 Å². The van der Waals surface area contributed by atoms with Crippen molar-refractivity contribution >= 4 is 17.6 Å². The minimum Gasteiger partial charge on any atom is -0.493 e. The van der Waals surface area contributed by atoms with Crippen LogP contribution in [0.1, 0.15) is 5.56 Å². The second-order valence-corrected chi connectivity index (χ2v) is 4.44. The molecule has 0 aliphatic rings. The highest BCUT2D eigenvalue weighted by Gasteiger charge is 2.28. The fraction of sp³-hybridized carbons (Fsp3) is 0.188. The molecule has 0 saturated heterocycles. The fourth-order valence-electron chi connectivity index (χ4n) is 2.09. The van der Waals surface area contributed by atoms with Gasteiger partial charge >= 0.3 is 5.69 Å². The quantitative estimate of drug-likeness (QED) is 0.463. The van der Waals surface area contributed by atoms with Gasteiger partial charge in [0, 0.05) is 12.3 Å². The molecule has 2 aromatic rings. The standard InChI is InChI=1S/C16H16N2O5/c1-21-13-9-12(17-10-11-7-5-4-6-8-11)14(18(19)20)16(23-3)15(13)22-2/h4-10H,1-3H3. The Hall–Kier alpha value is -3.09. The maximum atomic E-state index is 11.4. The number of hydrogen-bond donors (Lipinski definition) is 0. The van der Waals surface area contributed by atoms with E-state index in [9.17, 15) is 10.1 Å². The van der Waals surface area contributed by atoms with Crippen LogP contribution in [0.2, 0.25) is 0 Å². The molecule has 0 aromatic heterocycles. The first-order chi connectivity index (χ1) is 11.1. The summed E-state index contributed by atoms with van der Waals surface area (Å²) in [7, 11) is 4.15. The Labute approximate surface area is 133 Å². The molecule has 120 valence electrons. The second-order valence-electron chi connectivity index (χ2n) is 4.44. The van der Waals surface area contributed by atoms with Crippen molar-refractivity contribution in [3.05, 3.63) is 52.1 Å². The van der Waals surface area contributed by atoms with Crippen LogP contribution >= 0.6 is 0 Å². The fourth-order valence-corrected chi connectivity index (χ4v) is 2.09. The van der Waals surface area contributed by atoms with Gasteiger partial charge in [-0.05, 0) is 5.56 Å². The number of methoxy groups -OCH3 is 3. The number of benzene rings is 2. The molecule has 0 saturated carbocycles. The zero-order valence-corrected chi connectivity index (χ0v) is 13.0. The number of nitrogens with zero attached hydrogens (tertiary/aromatic N) is 2. The Kier molecular flexibility index (Phi) is 5.14. The van der Waals surface area contributed by atoms with Gasteiger partial charge in [-0.25, -0.2) is 4.99 Å². The number of aliphatic imine (C=N–C) groups is 1. The molecule has 0 fully saturated rings. The predicted molar refractivity (Wildman–Crippen MR) is 86.4 cm³/mol. The molecule has 2 rings (SSSR count). The van der Waals surface area contributed by atoms with Crippen molar-refractivity contribution in [1.29, 1.82) is 0 Å². The SMILES string of the molecule is COc1cc(N=Cc2ccccc2)c([N+](=O)[O-])c(OC)c1OC. The van der Waals surface area contributed by atoms with Gasteiger partial charge in [0.15, 0.2) is 5.75 Å². The van der Waals surface area contributed by atoms with Gasteiger partial charge in [0.2, 0.25) is 11.5 Å². The van der Waals surface area contributed by atoms with Crippen LogP contribution < -0.4 is 14.2 Å². The summed E-state index contributed by atoms with van der Waals surface area (Å²) in [4.78, 5) is 15.1. The van der Waals surface area contributed by atoms with E-state index in [4.69, 9.17) is 14.2 Å². The largest absolute Gasteiger partial charge is 0.493 e. The van der Waals surface area contributed by atoms with E-state index in [0.717, 1.165) is 5.56 Å².